The van der Waals surface area contributed by atoms with Gasteiger partial charge in [0, 0.05) is 10.7 Å². The van der Waals surface area contributed by atoms with Gasteiger partial charge in [-0.2, -0.15) is 0 Å². The van der Waals surface area contributed by atoms with Gasteiger partial charge in [0.1, 0.15) is 6.10 Å². The molecule has 3 amide bonds. The van der Waals surface area contributed by atoms with Crippen LogP contribution in [-0.2, 0) is 14.3 Å². The third-order valence-corrected chi connectivity index (χ3v) is 6.64. The molecule has 2 heterocycles. The fraction of sp³-hybridized carbons (Fsp3) is 0.462. The highest BCUT2D eigenvalue weighted by Crippen LogP contribution is 2.29. The van der Waals surface area contributed by atoms with Crippen molar-refractivity contribution in [3.8, 4) is 0 Å². The summed E-state index contributed by atoms with van der Waals surface area (Å²) < 4.78 is 11.9. The Morgan fingerprint density at radius 2 is 1.94 bits per heavy atom. The molecule has 0 aliphatic carbocycles. The van der Waals surface area contributed by atoms with Crippen LogP contribution in [0.2, 0.25) is 5.02 Å². The van der Waals surface area contributed by atoms with Gasteiger partial charge in [-0.1, -0.05) is 48.0 Å². The minimum absolute atomic E-state index is 0.0810. The highest BCUT2D eigenvalue weighted by atomic mass is 35.5. The van der Waals surface area contributed by atoms with Crippen molar-refractivity contribution in [3.05, 3.63) is 65.2 Å². The zero-order chi connectivity index (χ0) is 24.8. The third-order valence-electron chi connectivity index (χ3n) is 6.41. The lowest BCUT2D eigenvalue weighted by atomic mass is 9.94. The van der Waals surface area contributed by atoms with E-state index < -0.39 is 12.2 Å². The Kier molecular flexibility index (Phi) is 8.62. The Hall–Kier alpha value is -2.65. The number of hydrogen-bond acceptors (Lipinski definition) is 5. The van der Waals surface area contributed by atoms with Crippen LogP contribution in [0, 0.1) is 0 Å². The third kappa shape index (κ3) is 6.95. The molecule has 0 unspecified atom stereocenters. The summed E-state index contributed by atoms with van der Waals surface area (Å²) in [5.41, 5.74) is 1.62. The van der Waals surface area contributed by atoms with E-state index in [-0.39, 0.29) is 56.3 Å². The second-order valence-corrected chi connectivity index (χ2v) is 9.57. The number of fused-ring (bicyclic) bond motifs is 1. The first-order chi connectivity index (χ1) is 16.9. The van der Waals surface area contributed by atoms with Gasteiger partial charge in [-0.25, -0.2) is 4.79 Å². The summed E-state index contributed by atoms with van der Waals surface area (Å²) in [5, 5.41) is 16.7. The van der Waals surface area contributed by atoms with Crippen LogP contribution in [-0.4, -0.2) is 66.1 Å². The number of amides is 3. The van der Waals surface area contributed by atoms with Crippen LogP contribution >= 0.6 is 11.6 Å². The van der Waals surface area contributed by atoms with E-state index >= 15 is 0 Å². The van der Waals surface area contributed by atoms with Crippen LogP contribution in [0.25, 0.3) is 0 Å². The molecule has 9 heteroatoms. The number of benzene rings is 2. The fourth-order valence-electron chi connectivity index (χ4n) is 4.67. The Balaban J connectivity index is 1.38. The summed E-state index contributed by atoms with van der Waals surface area (Å²) in [6.07, 6.45) is 0.0126. The topological polar surface area (TPSA) is 100 Å². The minimum atomic E-state index is -0.802. The normalized spacial score (nSPS) is 25.5. The Bertz CT molecular complexity index is 1010. The number of hydrogen-bond donors (Lipinski definition) is 3. The first-order valence-corrected chi connectivity index (χ1v) is 12.4. The molecule has 3 N–H and O–H groups in total. The van der Waals surface area contributed by atoms with E-state index in [4.69, 9.17) is 21.1 Å². The first-order valence-electron chi connectivity index (χ1n) is 12.0. The van der Waals surface area contributed by atoms with Crippen LogP contribution in [0.1, 0.15) is 37.8 Å². The van der Waals surface area contributed by atoms with Gasteiger partial charge in [0.25, 0.3) is 0 Å². The van der Waals surface area contributed by atoms with E-state index in [1.807, 2.05) is 37.3 Å². The molecule has 8 nitrogen and oxygen atoms in total. The number of nitrogens with one attached hydrogen (secondary N) is 2. The lowest BCUT2D eigenvalue weighted by Gasteiger charge is -2.44. The molecule has 0 spiro atoms. The van der Waals surface area contributed by atoms with E-state index in [1.165, 1.54) is 0 Å². The Labute approximate surface area is 210 Å². The van der Waals surface area contributed by atoms with Gasteiger partial charge in [-0.3, -0.25) is 4.79 Å². The second kappa shape index (κ2) is 11.9. The Morgan fingerprint density at radius 1 is 1.14 bits per heavy atom. The number of anilines is 1. The molecule has 0 bridgehead atoms. The molecule has 4 rings (SSSR count). The van der Waals surface area contributed by atoms with E-state index in [2.05, 4.69) is 10.6 Å². The molecular weight excluding hydrogens is 470 g/mol. The number of ether oxygens (including phenoxy) is 2. The number of aliphatic hydroxyl groups excluding tert-OH is 1. The summed E-state index contributed by atoms with van der Waals surface area (Å²) >= 11 is 6.05. The van der Waals surface area contributed by atoms with E-state index in [1.54, 1.807) is 29.2 Å². The zero-order valence-corrected chi connectivity index (χ0v) is 20.5. The van der Waals surface area contributed by atoms with Gasteiger partial charge < -0.3 is 30.1 Å². The molecule has 2 aliphatic heterocycles. The highest BCUT2D eigenvalue weighted by molar-refractivity contribution is 6.30. The molecule has 2 aliphatic rings. The molecule has 2 aromatic carbocycles. The molecule has 2 saturated heterocycles. The molecule has 0 aromatic heterocycles. The first kappa shape index (κ1) is 25.4. The second-order valence-electron chi connectivity index (χ2n) is 9.13. The maximum absolute atomic E-state index is 13.2. The number of halogens is 1. The van der Waals surface area contributed by atoms with Crippen LogP contribution in [0.15, 0.2) is 54.6 Å². The van der Waals surface area contributed by atoms with E-state index in [9.17, 15) is 14.7 Å². The molecule has 2 fully saturated rings. The molecule has 0 saturated carbocycles. The maximum atomic E-state index is 13.2. The van der Waals surface area contributed by atoms with Crippen molar-refractivity contribution in [3.63, 3.8) is 0 Å². The fourth-order valence-corrected chi connectivity index (χ4v) is 4.86. The molecule has 5 atom stereocenters. The number of aliphatic hydroxyl groups is 1. The number of nitrogens with zero attached hydrogens (tertiary/aromatic N) is 1. The number of carbonyl (C=O) groups excluding carboxylic acids is 2. The Morgan fingerprint density at radius 3 is 2.71 bits per heavy atom. The standard InChI is InChI=1S/C26H32ClN3O5/c1-17(18-6-3-2-4-7-18)28-25(32)13-22-10-11-23-24(35-22)16-34-15-21(31)14-30(23)26(33)29-20-9-5-8-19(27)12-20/h2-9,12,17,21-24,31H,10-11,13-16H2,1H3,(H,28,32)(H,29,33)/t17-,21+,22-,23+,24-/m1/s1. The van der Waals surface area contributed by atoms with Crippen molar-refractivity contribution in [2.45, 2.75) is 56.6 Å². The van der Waals surface area contributed by atoms with Crippen molar-refractivity contribution >= 4 is 29.2 Å². The average Bonchev–Trinajstić information content (AvgIpc) is 2.82. The summed E-state index contributed by atoms with van der Waals surface area (Å²) in [7, 11) is 0. The number of carbonyl (C=O) groups is 2. The van der Waals surface area contributed by atoms with E-state index in [0.29, 0.717) is 23.6 Å². The minimum Gasteiger partial charge on any atom is -0.389 e. The smallest absolute Gasteiger partial charge is 0.322 e. The molecule has 0 radical (unpaired) electrons. The van der Waals surface area contributed by atoms with Crippen molar-refractivity contribution < 1.29 is 24.2 Å². The monoisotopic (exact) mass is 501 g/mol. The van der Waals surface area contributed by atoms with Gasteiger partial charge >= 0.3 is 6.03 Å². The van der Waals surface area contributed by atoms with E-state index in [0.717, 1.165) is 5.56 Å². The van der Waals surface area contributed by atoms with Gasteiger partial charge in [-0.05, 0) is 43.5 Å². The molecule has 2 aromatic rings. The van der Waals surface area contributed by atoms with Crippen LogP contribution < -0.4 is 10.6 Å². The molecule has 35 heavy (non-hydrogen) atoms. The van der Waals surface area contributed by atoms with Crippen LogP contribution in [0.4, 0.5) is 10.5 Å². The lowest BCUT2D eigenvalue weighted by molar-refractivity contribution is -0.150. The van der Waals surface area contributed by atoms with Crippen LogP contribution in [0.3, 0.4) is 0 Å². The van der Waals surface area contributed by atoms with Crippen molar-refractivity contribution in [1.82, 2.24) is 10.2 Å². The van der Waals surface area contributed by atoms with Crippen molar-refractivity contribution in [2.24, 2.45) is 0 Å². The highest BCUT2D eigenvalue weighted by Gasteiger charge is 2.40. The predicted octanol–water partition coefficient (Wildman–Crippen LogP) is 3.75. The number of rotatable bonds is 5. The molecule has 188 valence electrons. The van der Waals surface area contributed by atoms with Gasteiger partial charge in [-0.15, -0.1) is 0 Å². The van der Waals surface area contributed by atoms with Gasteiger partial charge in [0.15, 0.2) is 0 Å². The lowest BCUT2D eigenvalue weighted by Crippen LogP contribution is -2.58. The maximum Gasteiger partial charge on any atom is 0.322 e. The summed E-state index contributed by atoms with van der Waals surface area (Å²) in [6, 6.07) is 16.0. The summed E-state index contributed by atoms with van der Waals surface area (Å²) in [5.74, 6) is -0.0810. The quantitative estimate of drug-likeness (QED) is 0.579. The zero-order valence-electron chi connectivity index (χ0n) is 19.7. The largest absolute Gasteiger partial charge is 0.389 e. The van der Waals surface area contributed by atoms with Crippen molar-refractivity contribution in [2.75, 3.05) is 25.1 Å². The van der Waals surface area contributed by atoms with Crippen LogP contribution in [0.5, 0.6) is 0 Å². The summed E-state index contributed by atoms with van der Waals surface area (Å²) in [4.78, 5) is 27.5. The number of urea groups is 1. The average molecular weight is 502 g/mol. The van der Waals surface area contributed by atoms with Gasteiger partial charge in [0.2, 0.25) is 5.91 Å². The number of β-amino-alcohol motifs (C(OH)–C–C–N with tert-alkyl or cyclic N) is 1. The summed E-state index contributed by atoms with van der Waals surface area (Å²) in [6.45, 7) is 2.42. The van der Waals surface area contributed by atoms with Crippen molar-refractivity contribution in [1.29, 1.82) is 0 Å². The SMILES string of the molecule is C[C@@H](NC(=O)C[C@H]1CC[C@H]2[C@@H](COC[C@@H](O)CN2C(=O)Nc2cccc(Cl)c2)O1)c1ccccc1. The predicted molar refractivity (Wildman–Crippen MR) is 133 cm³/mol. The van der Waals surface area contributed by atoms with Gasteiger partial charge in [0.05, 0.1) is 50.5 Å². The molecular formula is C26H32ClN3O5.